The third kappa shape index (κ3) is 2.20. The SMILES string of the molecule is N[C@H]1CCC[C@@H]1Nc1ccc(Cl)cc1. The largest absolute Gasteiger partial charge is 0.381 e. The minimum atomic E-state index is 0.297. The van der Waals surface area contributed by atoms with Crippen LogP contribution in [0, 0.1) is 0 Å². The zero-order chi connectivity index (χ0) is 9.97. The molecular formula is C11H15ClN2. The Morgan fingerprint density at radius 2 is 1.93 bits per heavy atom. The molecule has 2 atom stereocenters. The molecule has 3 N–H and O–H groups in total. The van der Waals surface area contributed by atoms with Crippen LogP contribution in [0.4, 0.5) is 5.69 Å². The smallest absolute Gasteiger partial charge is 0.0412 e. The van der Waals surface area contributed by atoms with Crippen LogP contribution in [0.25, 0.3) is 0 Å². The monoisotopic (exact) mass is 210 g/mol. The van der Waals surface area contributed by atoms with Crippen LogP contribution in [-0.4, -0.2) is 12.1 Å². The van der Waals surface area contributed by atoms with Gasteiger partial charge in [-0.05, 0) is 43.5 Å². The van der Waals surface area contributed by atoms with Crippen LogP contribution < -0.4 is 11.1 Å². The van der Waals surface area contributed by atoms with Crippen molar-refractivity contribution in [1.82, 2.24) is 0 Å². The van der Waals surface area contributed by atoms with Crippen molar-refractivity contribution >= 4 is 17.3 Å². The van der Waals surface area contributed by atoms with E-state index < -0.39 is 0 Å². The lowest BCUT2D eigenvalue weighted by Crippen LogP contribution is -2.35. The van der Waals surface area contributed by atoms with E-state index >= 15 is 0 Å². The van der Waals surface area contributed by atoms with Gasteiger partial charge < -0.3 is 11.1 Å². The Bertz CT molecular complexity index is 297. The maximum absolute atomic E-state index is 5.97. The van der Waals surface area contributed by atoms with Gasteiger partial charge >= 0.3 is 0 Å². The first kappa shape index (κ1) is 9.81. The standard InChI is InChI=1S/C11H15ClN2/c12-8-4-6-9(7-5-8)14-11-3-1-2-10(11)13/h4-7,10-11,14H,1-3,13H2/t10-,11-/m0/s1. The lowest BCUT2D eigenvalue weighted by atomic mass is 10.2. The van der Waals surface area contributed by atoms with Crippen molar-refractivity contribution < 1.29 is 0 Å². The van der Waals surface area contributed by atoms with Gasteiger partial charge in [-0.3, -0.25) is 0 Å². The molecule has 1 fully saturated rings. The van der Waals surface area contributed by atoms with E-state index in [1.54, 1.807) is 0 Å². The summed E-state index contributed by atoms with van der Waals surface area (Å²) in [5, 5.41) is 4.20. The van der Waals surface area contributed by atoms with Crippen molar-refractivity contribution in [3.05, 3.63) is 29.3 Å². The second kappa shape index (κ2) is 4.20. The van der Waals surface area contributed by atoms with E-state index in [1.165, 1.54) is 12.8 Å². The molecule has 0 radical (unpaired) electrons. The number of rotatable bonds is 2. The van der Waals surface area contributed by atoms with Crippen molar-refractivity contribution in [3.63, 3.8) is 0 Å². The zero-order valence-corrected chi connectivity index (χ0v) is 8.80. The molecule has 1 aromatic rings. The van der Waals surface area contributed by atoms with Crippen LogP contribution in [0.1, 0.15) is 19.3 Å². The summed E-state index contributed by atoms with van der Waals surface area (Å²) >= 11 is 5.80. The summed E-state index contributed by atoms with van der Waals surface area (Å²) in [6.45, 7) is 0. The Hall–Kier alpha value is -0.730. The second-order valence-electron chi connectivity index (χ2n) is 3.85. The van der Waals surface area contributed by atoms with Gasteiger partial charge in [-0.2, -0.15) is 0 Å². The van der Waals surface area contributed by atoms with Crippen LogP contribution in [0.2, 0.25) is 5.02 Å². The van der Waals surface area contributed by atoms with E-state index in [-0.39, 0.29) is 0 Å². The van der Waals surface area contributed by atoms with Crippen molar-refractivity contribution in [2.45, 2.75) is 31.3 Å². The molecule has 1 saturated carbocycles. The molecule has 2 nitrogen and oxygen atoms in total. The van der Waals surface area contributed by atoms with Gasteiger partial charge in [0.25, 0.3) is 0 Å². The third-order valence-corrected chi connectivity index (χ3v) is 3.02. The number of hydrogen-bond acceptors (Lipinski definition) is 2. The summed E-state index contributed by atoms with van der Waals surface area (Å²) in [6, 6.07) is 8.50. The summed E-state index contributed by atoms with van der Waals surface area (Å²) in [7, 11) is 0. The Morgan fingerprint density at radius 3 is 2.50 bits per heavy atom. The number of halogens is 1. The molecule has 0 heterocycles. The molecule has 0 aliphatic heterocycles. The number of benzene rings is 1. The van der Waals surface area contributed by atoms with Crippen LogP contribution in [-0.2, 0) is 0 Å². The van der Waals surface area contributed by atoms with Gasteiger partial charge in [-0.1, -0.05) is 11.6 Å². The van der Waals surface area contributed by atoms with E-state index in [1.807, 2.05) is 24.3 Å². The predicted octanol–water partition coefficient (Wildman–Crippen LogP) is 2.63. The molecule has 0 bridgehead atoms. The Balaban J connectivity index is 2.00. The first-order chi connectivity index (χ1) is 6.75. The van der Waals surface area contributed by atoms with Crippen molar-refractivity contribution in [2.75, 3.05) is 5.32 Å². The van der Waals surface area contributed by atoms with Crippen LogP contribution in [0.5, 0.6) is 0 Å². The van der Waals surface area contributed by atoms with Gasteiger partial charge in [-0.15, -0.1) is 0 Å². The summed E-state index contributed by atoms with van der Waals surface area (Å²) in [5.41, 5.74) is 7.08. The van der Waals surface area contributed by atoms with Gasteiger partial charge in [-0.25, -0.2) is 0 Å². The van der Waals surface area contributed by atoms with Gasteiger partial charge in [0.2, 0.25) is 0 Å². The molecule has 76 valence electrons. The molecule has 0 spiro atoms. The molecule has 2 rings (SSSR count). The number of anilines is 1. The molecule has 1 aliphatic carbocycles. The highest BCUT2D eigenvalue weighted by Gasteiger charge is 2.23. The molecule has 1 aliphatic rings. The minimum Gasteiger partial charge on any atom is -0.381 e. The fourth-order valence-electron chi connectivity index (χ4n) is 1.93. The van der Waals surface area contributed by atoms with Gasteiger partial charge in [0.1, 0.15) is 0 Å². The van der Waals surface area contributed by atoms with E-state index in [0.717, 1.165) is 17.1 Å². The quantitative estimate of drug-likeness (QED) is 0.788. The lowest BCUT2D eigenvalue weighted by molar-refractivity contribution is 0.638. The lowest BCUT2D eigenvalue weighted by Gasteiger charge is -2.18. The molecule has 0 aromatic heterocycles. The average molecular weight is 211 g/mol. The minimum absolute atomic E-state index is 0.297. The van der Waals surface area contributed by atoms with Gasteiger partial charge in [0, 0.05) is 22.8 Å². The summed E-state index contributed by atoms with van der Waals surface area (Å²) in [5.74, 6) is 0. The van der Waals surface area contributed by atoms with Gasteiger partial charge in [0.05, 0.1) is 0 Å². The topological polar surface area (TPSA) is 38.0 Å². The maximum Gasteiger partial charge on any atom is 0.0412 e. The number of nitrogens with two attached hydrogens (primary N) is 1. The number of hydrogen-bond donors (Lipinski definition) is 2. The van der Waals surface area contributed by atoms with E-state index in [2.05, 4.69) is 5.32 Å². The van der Waals surface area contributed by atoms with Gasteiger partial charge in [0.15, 0.2) is 0 Å². The second-order valence-corrected chi connectivity index (χ2v) is 4.29. The summed E-state index contributed by atoms with van der Waals surface area (Å²) in [4.78, 5) is 0. The van der Waals surface area contributed by atoms with E-state index in [0.29, 0.717) is 12.1 Å². The molecule has 0 amide bonds. The normalized spacial score (nSPS) is 26.4. The average Bonchev–Trinajstić information content (AvgIpc) is 2.56. The van der Waals surface area contributed by atoms with Crippen molar-refractivity contribution in [2.24, 2.45) is 5.73 Å². The Morgan fingerprint density at radius 1 is 1.21 bits per heavy atom. The highest BCUT2D eigenvalue weighted by Crippen LogP contribution is 2.22. The summed E-state index contributed by atoms with van der Waals surface area (Å²) < 4.78 is 0. The Kier molecular flexibility index (Phi) is 2.94. The fourth-order valence-corrected chi connectivity index (χ4v) is 2.05. The molecule has 0 saturated heterocycles. The van der Waals surface area contributed by atoms with Crippen LogP contribution >= 0.6 is 11.6 Å². The van der Waals surface area contributed by atoms with Crippen molar-refractivity contribution in [1.29, 1.82) is 0 Å². The van der Waals surface area contributed by atoms with Crippen LogP contribution in [0.3, 0.4) is 0 Å². The molecule has 1 aromatic carbocycles. The van der Waals surface area contributed by atoms with E-state index in [4.69, 9.17) is 17.3 Å². The highest BCUT2D eigenvalue weighted by atomic mass is 35.5. The summed E-state index contributed by atoms with van der Waals surface area (Å²) in [6.07, 6.45) is 3.53. The zero-order valence-electron chi connectivity index (χ0n) is 8.04. The molecule has 0 unspecified atom stereocenters. The molecular weight excluding hydrogens is 196 g/mol. The third-order valence-electron chi connectivity index (χ3n) is 2.77. The first-order valence-corrected chi connectivity index (χ1v) is 5.41. The van der Waals surface area contributed by atoms with Crippen LogP contribution in [0.15, 0.2) is 24.3 Å². The number of nitrogens with one attached hydrogen (secondary N) is 1. The predicted molar refractivity (Wildman–Crippen MR) is 60.7 cm³/mol. The highest BCUT2D eigenvalue weighted by molar-refractivity contribution is 6.30. The fraction of sp³-hybridized carbons (Fsp3) is 0.455. The maximum atomic E-state index is 5.97. The van der Waals surface area contributed by atoms with E-state index in [9.17, 15) is 0 Å². The molecule has 3 heteroatoms. The molecule has 14 heavy (non-hydrogen) atoms. The first-order valence-electron chi connectivity index (χ1n) is 5.03. The van der Waals surface area contributed by atoms with Crippen molar-refractivity contribution in [3.8, 4) is 0 Å². The Labute approximate surface area is 89.4 Å².